The highest BCUT2D eigenvalue weighted by molar-refractivity contribution is 4.98. The molecular formula is C13H25NO2. The molecule has 3 heteroatoms. The van der Waals surface area contributed by atoms with E-state index in [0.29, 0.717) is 18.6 Å². The molecule has 1 unspecified atom stereocenters. The first kappa shape index (κ1) is 12.3. The number of rotatable bonds is 5. The predicted octanol–water partition coefficient (Wildman–Crippen LogP) is 1.68. The van der Waals surface area contributed by atoms with E-state index in [0.717, 1.165) is 31.6 Å². The van der Waals surface area contributed by atoms with Gasteiger partial charge in [-0.25, -0.2) is 0 Å². The molecule has 3 N–H and O–H groups in total. The third-order valence-electron chi connectivity index (χ3n) is 4.24. The van der Waals surface area contributed by atoms with Gasteiger partial charge in [-0.2, -0.15) is 0 Å². The van der Waals surface area contributed by atoms with E-state index >= 15 is 0 Å². The van der Waals surface area contributed by atoms with Gasteiger partial charge in [0.05, 0.1) is 24.9 Å². The second-order valence-electron chi connectivity index (χ2n) is 5.86. The monoisotopic (exact) mass is 227 g/mol. The van der Waals surface area contributed by atoms with Crippen LogP contribution in [0.4, 0.5) is 0 Å². The topological polar surface area (TPSA) is 55.5 Å². The van der Waals surface area contributed by atoms with E-state index in [4.69, 9.17) is 10.5 Å². The maximum Gasteiger partial charge on any atom is 0.0675 e. The van der Waals surface area contributed by atoms with Crippen LogP contribution in [0.5, 0.6) is 0 Å². The molecule has 2 rings (SSSR count). The largest absolute Gasteiger partial charge is 0.394 e. The van der Waals surface area contributed by atoms with Gasteiger partial charge in [0.25, 0.3) is 0 Å². The summed E-state index contributed by atoms with van der Waals surface area (Å²) >= 11 is 0. The summed E-state index contributed by atoms with van der Waals surface area (Å²) in [6.07, 6.45) is 7.55. The number of aliphatic hydroxyl groups excluding tert-OH is 1. The fourth-order valence-electron chi connectivity index (χ4n) is 2.62. The van der Waals surface area contributed by atoms with Crippen LogP contribution in [0.3, 0.4) is 0 Å². The summed E-state index contributed by atoms with van der Waals surface area (Å²) in [5.74, 6) is 1.34. The lowest BCUT2D eigenvalue weighted by molar-refractivity contribution is -0.0243. The smallest absolute Gasteiger partial charge is 0.0675 e. The molecule has 2 saturated carbocycles. The predicted molar refractivity (Wildman–Crippen MR) is 64.1 cm³/mol. The van der Waals surface area contributed by atoms with Crippen LogP contribution >= 0.6 is 0 Å². The van der Waals surface area contributed by atoms with Crippen LogP contribution in [-0.2, 0) is 4.74 Å². The molecule has 2 fully saturated rings. The van der Waals surface area contributed by atoms with Gasteiger partial charge in [-0.3, -0.25) is 0 Å². The van der Waals surface area contributed by atoms with Gasteiger partial charge < -0.3 is 15.6 Å². The van der Waals surface area contributed by atoms with Gasteiger partial charge in [0.15, 0.2) is 0 Å². The molecule has 0 amide bonds. The standard InChI is InChI=1S/C13H25NO2/c1-10-2-6-12(7-3-10)16-9-13(14,8-15)11-4-5-11/h10-12,15H,2-9,14H2,1H3. The molecule has 3 nitrogen and oxygen atoms in total. The van der Waals surface area contributed by atoms with Gasteiger partial charge in [-0.15, -0.1) is 0 Å². The van der Waals surface area contributed by atoms with Crippen molar-refractivity contribution in [2.24, 2.45) is 17.6 Å². The molecule has 0 bridgehead atoms. The highest BCUT2D eigenvalue weighted by atomic mass is 16.5. The summed E-state index contributed by atoms with van der Waals surface area (Å²) < 4.78 is 5.90. The van der Waals surface area contributed by atoms with Crippen LogP contribution in [0.1, 0.15) is 45.4 Å². The Hall–Kier alpha value is -0.120. The molecule has 0 saturated heterocycles. The van der Waals surface area contributed by atoms with Gasteiger partial charge in [0.2, 0.25) is 0 Å². The number of ether oxygens (including phenoxy) is 1. The summed E-state index contributed by atoms with van der Waals surface area (Å²) in [6, 6.07) is 0. The molecule has 0 aromatic rings. The van der Waals surface area contributed by atoms with Crippen molar-refractivity contribution in [3.63, 3.8) is 0 Å². The lowest BCUT2D eigenvalue weighted by Gasteiger charge is -2.32. The average Bonchev–Trinajstić information content (AvgIpc) is 3.12. The molecule has 0 spiro atoms. The molecule has 2 aliphatic carbocycles. The number of nitrogens with two attached hydrogens (primary N) is 1. The number of hydrogen-bond acceptors (Lipinski definition) is 3. The summed E-state index contributed by atoms with van der Waals surface area (Å²) in [5, 5.41) is 9.36. The molecule has 1 atom stereocenters. The van der Waals surface area contributed by atoms with Crippen molar-refractivity contribution in [2.75, 3.05) is 13.2 Å². The molecule has 0 aromatic carbocycles. The van der Waals surface area contributed by atoms with Gasteiger partial charge in [0.1, 0.15) is 0 Å². The zero-order valence-corrected chi connectivity index (χ0v) is 10.3. The van der Waals surface area contributed by atoms with Crippen LogP contribution in [0.2, 0.25) is 0 Å². The number of hydrogen-bond donors (Lipinski definition) is 2. The molecule has 16 heavy (non-hydrogen) atoms. The van der Waals surface area contributed by atoms with Crippen LogP contribution in [0, 0.1) is 11.8 Å². The Morgan fingerprint density at radius 1 is 1.19 bits per heavy atom. The summed E-state index contributed by atoms with van der Waals surface area (Å²) in [5.41, 5.74) is 5.70. The Labute approximate surface area is 98.4 Å². The maximum atomic E-state index is 9.36. The first-order valence-corrected chi connectivity index (χ1v) is 6.65. The highest BCUT2D eigenvalue weighted by Crippen LogP contribution is 2.38. The zero-order chi connectivity index (χ0) is 11.6. The van der Waals surface area contributed by atoms with Gasteiger partial charge in [-0.05, 0) is 50.4 Å². The Bertz CT molecular complexity index is 222. The van der Waals surface area contributed by atoms with E-state index in [9.17, 15) is 5.11 Å². The second-order valence-corrected chi connectivity index (χ2v) is 5.86. The van der Waals surface area contributed by atoms with E-state index < -0.39 is 5.54 Å². The van der Waals surface area contributed by atoms with Crippen molar-refractivity contribution >= 4 is 0 Å². The molecule has 94 valence electrons. The van der Waals surface area contributed by atoms with Crippen molar-refractivity contribution in [1.82, 2.24) is 0 Å². The Morgan fingerprint density at radius 3 is 2.31 bits per heavy atom. The minimum atomic E-state index is -0.469. The Balaban J connectivity index is 1.73. The van der Waals surface area contributed by atoms with Crippen LogP contribution in [-0.4, -0.2) is 30.0 Å². The van der Waals surface area contributed by atoms with Crippen LogP contribution in [0.25, 0.3) is 0 Å². The van der Waals surface area contributed by atoms with Crippen molar-refractivity contribution < 1.29 is 9.84 Å². The van der Waals surface area contributed by atoms with E-state index in [1.54, 1.807) is 0 Å². The fraction of sp³-hybridized carbons (Fsp3) is 1.00. The minimum absolute atomic E-state index is 0.0563. The van der Waals surface area contributed by atoms with Gasteiger partial charge >= 0.3 is 0 Å². The van der Waals surface area contributed by atoms with Gasteiger partial charge in [-0.1, -0.05) is 6.92 Å². The summed E-state index contributed by atoms with van der Waals surface area (Å²) in [7, 11) is 0. The van der Waals surface area contributed by atoms with Crippen molar-refractivity contribution in [1.29, 1.82) is 0 Å². The molecule has 0 radical (unpaired) electrons. The van der Waals surface area contributed by atoms with Crippen LogP contribution < -0.4 is 5.73 Å². The van der Waals surface area contributed by atoms with E-state index in [2.05, 4.69) is 6.92 Å². The maximum absolute atomic E-state index is 9.36. The molecule has 0 aliphatic heterocycles. The fourth-order valence-corrected chi connectivity index (χ4v) is 2.62. The first-order chi connectivity index (χ1) is 7.64. The van der Waals surface area contributed by atoms with Gasteiger partial charge in [0, 0.05) is 0 Å². The lowest BCUT2D eigenvalue weighted by atomic mass is 9.88. The third-order valence-corrected chi connectivity index (χ3v) is 4.24. The van der Waals surface area contributed by atoms with Crippen molar-refractivity contribution in [2.45, 2.75) is 57.1 Å². The molecule has 0 heterocycles. The summed E-state index contributed by atoms with van der Waals surface area (Å²) in [4.78, 5) is 0. The Morgan fingerprint density at radius 2 is 1.81 bits per heavy atom. The quantitative estimate of drug-likeness (QED) is 0.751. The Kier molecular flexibility index (Phi) is 3.88. The first-order valence-electron chi connectivity index (χ1n) is 6.65. The second kappa shape index (κ2) is 5.03. The highest BCUT2D eigenvalue weighted by Gasteiger charge is 2.42. The SMILES string of the molecule is CC1CCC(OCC(N)(CO)C2CC2)CC1. The third kappa shape index (κ3) is 2.96. The lowest BCUT2D eigenvalue weighted by Crippen LogP contribution is -2.51. The molecular weight excluding hydrogens is 202 g/mol. The van der Waals surface area contributed by atoms with E-state index in [1.165, 1.54) is 12.8 Å². The normalized spacial score (nSPS) is 34.7. The van der Waals surface area contributed by atoms with E-state index in [1.807, 2.05) is 0 Å². The number of aliphatic hydroxyl groups is 1. The van der Waals surface area contributed by atoms with Crippen molar-refractivity contribution in [3.05, 3.63) is 0 Å². The minimum Gasteiger partial charge on any atom is -0.394 e. The van der Waals surface area contributed by atoms with Crippen molar-refractivity contribution in [3.8, 4) is 0 Å². The van der Waals surface area contributed by atoms with Crippen LogP contribution in [0.15, 0.2) is 0 Å². The summed E-state index contributed by atoms with van der Waals surface area (Å²) in [6.45, 7) is 2.90. The zero-order valence-electron chi connectivity index (χ0n) is 10.3. The van der Waals surface area contributed by atoms with E-state index in [-0.39, 0.29) is 6.61 Å². The molecule has 2 aliphatic rings. The molecule has 0 aromatic heterocycles. The average molecular weight is 227 g/mol.